The third-order valence-electron chi connectivity index (χ3n) is 5.83. The smallest absolute Gasteiger partial charge is 0.315 e. The summed E-state index contributed by atoms with van der Waals surface area (Å²) in [5, 5.41) is 7.78. The third kappa shape index (κ3) is 5.03. The number of carbonyl (C=O) groups is 2. The van der Waals surface area contributed by atoms with Gasteiger partial charge in [0.25, 0.3) is 11.5 Å². The molecule has 4 atom stereocenters. The maximum absolute atomic E-state index is 14.6. The van der Waals surface area contributed by atoms with Gasteiger partial charge in [-0.3, -0.25) is 9.59 Å². The zero-order valence-corrected chi connectivity index (χ0v) is 17.5. The fourth-order valence-corrected chi connectivity index (χ4v) is 4.15. The number of hydrogen-bond donors (Lipinski definition) is 3. The molecular formula is C22H23F3N4O4. The molecule has 2 aliphatic rings. The number of amides is 3. The summed E-state index contributed by atoms with van der Waals surface area (Å²) in [5.74, 6) is -2.64. The van der Waals surface area contributed by atoms with Gasteiger partial charge in [0.1, 0.15) is 11.7 Å². The molecule has 1 saturated carbocycles. The van der Waals surface area contributed by atoms with Gasteiger partial charge in [0, 0.05) is 12.7 Å². The summed E-state index contributed by atoms with van der Waals surface area (Å²) >= 11 is 0. The van der Waals surface area contributed by atoms with E-state index in [1.54, 1.807) is 0 Å². The highest BCUT2D eigenvalue weighted by Gasteiger charge is 2.45. The number of urea groups is 1. The number of benzene rings is 1. The number of nitrogens with zero attached hydrogens (tertiary/aromatic N) is 1. The first kappa shape index (κ1) is 22.8. The van der Waals surface area contributed by atoms with Crippen molar-refractivity contribution in [1.82, 2.24) is 20.5 Å². The Morgan fingerprint density at radius 2 is 1.97 bits per heavy atom. The first-order valence-corrected chi connectivity index (χ1v) is 10.6. The van der Waals surface area contributed by atoms with E-state index >= 15 is 0 Å². The topological polar surface area (TPSA) is 101 Å². The maximum Gasteiger partial charge on any atom is 0.315 e. The quantitative estimate of drug-likeness (QED) is 0.541. The van der Waals surface area contributed by atoms with Crippen LogP contribution in [0.5, 0.6) is 0 Å². The van der Waals surface area contributed by atoms with Crippen LogP contribution in [-0.4, -0.2) is 54.0 Å². The lowest BCUT2D eigenvalue weighted by Crippen LogP contribution is -2.52. The van der Waals surface area contributed by atoms with Gasteiger partial charge in [0.15, 0.2) is 11.6 Å². The normalized spacial score (nSPS) is 24.0. The van der Waals surface area contributed by atoms with Crippen molar-refractivity contribution in [3.63, 3.8) is 0 Å². The molecule has 3 N–H and O–H groups in total. The molecule has 1 aliphatic carbocycles. The Bertz CT molecular complexity index is 1110. The van der Waals surface area contributed by atoms with Crippen molar-refractivity contribution in [2.45, 2.75) is 43.7 Å². The summed E-state index contributed by atoms with van der Waals surface area (Å²) in [5.41, 5.74) is -0.345. The summed E-state index contributed by atoms with van der Waals surface area (Å²) < 4.78 is 47.9. The fraction of sp³-hybridized carbons (Fsp3) is 0.409. The number of rotatable bonds is 7. The van der Waals surface area contributed by atoms with Crippen LogP contribution >= 0.6 is 0 Å². The molecule has 4 rings (SSSR count). The molecule has 2 fully saturated rings. The van der Waals surface area contributed by atoms with Crippen LogP contribution in [0.25, 0.3) is 0 Å². The van der Waals surface area contributed by atoms with E-state index in [-0.39, 0.29) is 31.3 Å². The lowest BCUT2D eigenvalue weighted by atomic mass is 9.88. The van der Waals surface area contributed by atoms with Crippen LogP contribution < -0.4 is 21.5 Å². The minimum Gasteiger partial charge on any atom is -0.373 e. The molecule has 3 amide bonds. The number of ether oxygens (including phenoxy) is 1. The number of alkyl halides is 1. The molecule has 0 spiro atoms. The molecule has 176 valence electrons. The van der Waals surface area contributed by atoms with Gasteiger partial charge in [-0.05, 0) is 42.7 Å². The molecule has 0 radical (unpaired) electrons. The van der Waals surface area contributed by atoms with Crippen molar-refractivity contribution in [2.75, 3.05) is 13.2 Å². The van der Waals surface area contributed by atoms with Gasteiger partial charge < -0.3 is 25.3 Å². The van der Waals surface area contributed by atoms with Crippen molar-refractivity contribution < 1.29 is 27.5 Å². The van der Waals surface area contributed by atoms with E-state index in [0.29, 0.717) is 18.4 Å². The largest absolute Gasteiger partial charge is 0.373 e. The molecule has 0 bridgehead atoms. The standard InChI is InChI=1S/C22H23F3N4O4/c23-14-4-3-12(10-15(14)24)11-29-8-1-2-13(21(29)31)20(30)26-7-9-33-17-6-5-16-19(18(17)25)28-22(32)27-16/h1-4,8,10,16-19H,5-7,9,11H2,(H,26,30)(H2,27,28,32). The van der Waals surface area contributed by atoms with E-state index in [4.69, 9.17) is 4.74 Å². The first-order valence-electron chi connectivity index (χ1n) is 10.6. The predicted octanol–water partition coefficient (Wildman–Crippen LogP) is 1.47. The average molecular weight is 464 g/mol. The van der Waals surface area contributed by atoms with Crippen molar-refractivity contribution in [2.24, 2.45) is 0 Å². The van der Waals surface area contributed by atoms with Gasteiger partial charge in [0.2, 0.25) is 0 Å². The van der Waals surface area contributed by atoms with Crippen LogP contribution in [0.4, 0.5) is 18.0 Å². The SMILES string of the molecule is O=C1NC2CCC(OCCNC(=O)c3cccn(Cc4ccc(F)c(F)c4)c3=O)C(F)C2N1. The second kappa shape index (κ2) is 9.65. The first-order chi connectivity index (χ1) is 15.8. The number of pyridine rings is 1. The van der Waals surface area contributed by atoms with E-state index < -0.39 is 47.4 Å². The van der Waals surface area contributed by atoms with E-state index in [2.05, 4.69) is 16.0 Å². The van der Waals surface area contributed by atoms with Crippen LogP contribution in [0.3, 0.4) is 0 Å². The van der Waals surface area contributed by atoms with E-state index in [1.165, 1.54) is 29.0 Å². The third-order valence-corrected chi connectivity index (χ3v) is 5.83. The highest BCUT2D eigenvalue weighted by Crippen LogP contribution is 2.27. The molecule has 33 heavy (non-hydrogen) atoms. The van der Waals surface area contributed by atoms with Crippen molar-refractivity contribution in [3.8, 4) is 0 Å². The molecule has 2 aromatic rings. The van der Waals surface area contributed by atoms with Crippen LogP contribution in [-0.2, 0) is 11.3 Å². The van der Waals surface area contributed by atoms with E-state index in [1.807, 2.05) is 0 Å². The van der Waals surface area contributed by atoms with Crippen molar-refractivity contribution >= 4 is 11.9 Å². The Kier molecular flexibility index (Phi) is 6.68. The lowest BCUT2D eigenvalue weighted by Gasteiger charge is -2.34. The average Bonchev–Trinajstić information content (AvgIpc) is 3.17. The summed E-state index contributed by atoms with van der Waals surface area (Å²) in [7, 11) is 0. The molecule has 1 saturated heterocycles. The summed E-state index contributed by atoms with van der Waals surface area (Å²) in [6.07, 6.45) is 0.399. The monoisotopic (exact) mass is 464 g/mol. The van der Waals surface area contributed by atoms with E-state index in [0.717, 1.165) is 12.1 Å². The second-order valence-corrected chi connectivity index (χ2v) is 8.04. The van der Waals surface area contributed by atoms with Gasteiger partial charge in [-0.15, -0.1) is 0 Å². The van der Waals surface area contributed by atoms with Gasteiger partial charge in [-0.1, -0.05) is 6.07 Å². The van der Waals surface area contributed by atoms with Gasteiger partial charge in [-0.25, -0.2) is 18.0 Å². The maximum atomic E-state index is 14.6. The lowest BCUT2D eigenvalue weighted by molar-refractivity contribution is -0.0356. The molecule has 1 aromatic carbocycles. The zero-order chi connectivity index (χ0) is 23.5. The fourth-order valence-electron chi connectivity index (χ4n) is 4.15. The van der Waals surface area contributed by atoms with Crippen LogP contribution in [0.1, 0.15) is 28.8 Å². The molecule has 11 heteroatoms. The summed E-state index contributed by atoms with van der Waals surface area (Å²) in [6.45, 7) is 0.0527. The minimum absolute atomic E-state index is 0.0332. The summed E-state index contributed by atoms with van der Waals surface area (Å²) in [4.78, 5) is 36.5. The molecular weight excluding hydrogens is 441 g/mol. The number of hydrogen-bond acceptors (Lipinski definition) is 4. The number of aromatic nitrogens is 1. The molecule has 2 heterocycles. The molecule has 1 aromatic heterocycles. The van der Waals surface area contributed by atoms with Gasteiger partial charge in [0.05, 0.1) is 31.3 Å². The highest BCUT2D eigenvalue weighted by atomic mass is 19.2. The molecule has 1 aliphatic heterocycles. The number of nitrogens with one attached hydrogen (secondary N) is 3. The van der Waals surface area contributed by atoms with Crippen LogP contribution in [0, 0.1) is 11.6 Å². The van der Waals surface area contributed by atoms with Gasteiger partial charge in [-0.2, -0.15) is 0 Å². The minimum atomic E-state index is -1.36. The summed E-state index contributed by atoms with van der Waals surface area (Å²) in [6, 6.07) is 4.90. The zero-order valence-electron chi connectivity index (χ0n) is 17.5. The van der Waals surface area contributed by atoms with Crippen LogP contribution in [0.2, 0.25) is 0 Å². The molecule has 4 unspecified atom stereocenters. The van der Waals surface area contributed by atoms with Crippen LogP contribution in [0.15, 0.2) is 41.3 Å². The Morgan fingerprint density at radius 3 is 2.76 bits per heavy atom. The number of halogens is 3. The Morgan fingerprint density at radius 1 is 1.15 bits per heavy atom. The number of carbonyl (C=O) groups excluding carboxylic acids is 2. The van der Waals surface area contributed by atoms with Crippen molar-refractivity contribution in [3.05, 3.63) is 69.6 Å². The molecule has 8 nitrogen and oxygen atoms in total. The van der Waals surface area contributed by atoms with E-state index in [9.17, 15) is 27.6 Å². The van der Waals surface area contributed by atoms with Gasteiger partial charge >= 0.3 is 6.03 Å². The van der Waals surface area contributed by atoms with Crippen molar-refractivity contribution in [1.29, 1.82) is 0 Å². The second-order valence-electron chi connectivity index (χ2n) is 8.04. The Balaban J connectivity index is 1.30. The Labute approximate surface area is 187 Å². The predicted molar refractivity (Wildman–Crippen MR) is 112 cm³/mol. The Hall–Kier alpha value is -3.34. The number of fused-ring (bicyclic) bond motifs is 1. The highest BCUT2D eigenvalue weighted by molar-refractivity contribution is 5.93.